The molecular weight excluding hydrogens is 492 g/mol. The number of carbonyl (C=O) groups excluding carboxylic acids is 3. The summed E-state index contributed by atoms with van der Waals surface area (Å²) in [5.41, 5.74) is 7.84. The van der Waals surface area contributed by atoms with Crippen LogP contribution in [0.25, 0.3) is 33.4 Å². The third-order valence-corrected chi connectivity index (χ3v) is 6.80. The van der Waals surface area contributed by atoms with Crippen molar-refractivity contribution in [3.8, 4) is 22.5 Å². The maximum absolute atomic E-state index is 14.7. The Bertz CT molecular complexity index is 1570. The first-order valence-electron chi connectivity index (χ1n) is 12.2. The minimum atomic E-state index is -0.670. The second-order valence-corrected chi connectivity index (χ2v) is 9.34. The fourth-order valence-electron chi connectivity index (χ4n) is 4.63. The summed E-state index contributed by atoms with van der Waals surface area (Å²) in [5, 5.41) is 5.86. The van der Waals surface area contributed by atoms with E-state index in [1.165, 1.54) is 49.5 Å². The fraction of sp³-hybridized carbons (Fsp3) is 0.207. The number of nitrogens with one attached hydrogen (secondary N) is 2. The van der Waals surface area contributed by atoms with Gasteiger partial charge in [0.2, 0.25) is 5.91 Å². The molecule has 0 bridgehead atoms. The summed E-state index contributed by atoms with van der Waals surface area (Å²) in [5.74, 6) is -2.44. The highest BCUT2D eigenvalue weighted by molar-refractivity contribution is 6.12. The summed E-state index contributed by atoms with van der Waals surface area (Å²) in [6.45, 7) is 0. The standard InChI is InChI=1S/C29H25F2N3O4/c1-33-29(37)26-22-14-20(16-7-10-23(31)21(11-16)28(36)34-19-3-2-4-19)17(13-25(32)35)12-24(22)38-27(26)15-5-8-18(30)9-6-15/h5-12,14,19H,2-4,13H2,1H3,(H2,32,35)(H,33,37)(H,34,36). The molecule has 1 aliphatic carbocycles. The van der Waals surface area contributed by atoms with Gasteiger partial charge < -0.3 is 20.8 Å². The fourth-order valence-corrected chi connectivity index (χ4v) is 4.63. The van der Waals surface area contributed by atoms with Crippen LogP contribution >= 0.6 is 0 Å². The van der Waals surface area contributed by atoms with E-state index in [1.54, 1.807) is 12.1 Å². The van der Waals surface area contributed by atoms with Gasteiger partial charge in [0.25, 0.3) is 11.8 Å². The lowest BCUT2D eigenvalue weighted by Crippen LogP contribution is -2.39. The molecule has 1 aliphatic rings. The Hall–Kier alpha value is -4.53. The molecule has 0 saturated heterocycles. The Morgan fingerprint density at radius 1 is 0.974 bits per heavy atom. The van der Waals surface area contributed by atoms with Crippen molar-refractivity contribution in [2.75, 3.05) is 7.05 Å². The van der Waals surface area contributed by atoms with Crippen molar-refractivity contribution in [1.29, 1.82) is 0 Å². The molecule has 0 atom stereocenters. The van der Waals surface area contributed by atoms with E-state index in [0.717, 1.165) is 19.3 Å². The topological polar surface area (TPSA) is 114 Å². The number of primary amides is 1. The number of hydrogen-bond acceptors (Lipinski definition) is 4. The zero-order chi connectivity index (χ0) is 27.0. The summed E-state index contributed by atoms with van der Waals surface area (Å²) in [6, 6.07) is 12.9. The second-order valence-electron chi connectivity index (χ2n) is 9.34. The molecule has 0 unspecified atom stereocenters. The number of benzene rings is 3. The van der Waals surface area contributed by atoms with E-state index in [-0.39, 0.29) is 29.3 Å². The first-order chi connectivity index (χ1) is 18.2. The molecule has 0 radical (unpaired) electrons. The van der Waals surface area contributed by atoms with Crippen molar-refractivity contribution in [3.05, 3.63) is 82.9 Å². The molecule has 7 nitrogen and oxygen atoms in total. The Kier molecular flexibility index (Phi) is 6.67. The zero-order valence-electron chi connectivity index (χ0n) is 20.6. The quantitative estimate of drug-likeness (QED) is 0.329. The maximum atomic E-state index is 14.7. The van der Waals surface area contributed by atoms with E-state index < -0.39 is 29.4 Å². The molecule has 1 heterocycles. The number of nitrogens with two attached hydrogens (primary N) is 1. The van der Waals surface area contributed by atoms with Crippen LogP contribution in [0, 0.1) is 11.6 Å². The van der Waals surface area contributed by atoms with Crippen molar-refractivity contribution in [2.24, 2.45) is 5.73 Å². The van der Waals surface area contributed by atoms with Gasteiger partial charge in [0.15, 0.2) is 0 Å². The predicted octanol–water partition coefficient (Wildman–Crippen LogP) is 4.71. The average molecular weight is 518 g/mol. The Morgan fingerprint density at radius 2 is 1.68 bits per heavy atom. The molecule has 4 N–H and O–H groups in total. The van der Waals surface area contributed by atoms with Crippen LogP contribution in [0.3, 0.4) is 0 Å². The van der Waals surface area contributed by atoms with E-state index in [2.05, 4.69) is 10.6 Å². The summed E-state index contributed by atoms with van der Waals surface area (Å²) >= 11 is 0. The number of amides is 3. The molecule has 5 rings (SSSR count). The zero-order valence-corrected chi connectivity index (χ0v) is 20.6. The molecule has 1 saturated carbocycles. The molecule has 1 aromatic heterocycles. The lowest BCUT2D eigenvalue weighted by Gasteiger charge is -2.26. The number of hydrogen-bond donors (Lipinski definition) is 3. The number of furan rings is 1. The molecule has 38 heavy (non-hydrogen) atoms. The first-order valence-corrected chi connectivity index (χ1v) is 12.2. The van der Waals surface area contributed by atoms with Crippen LogP contribution in [0.4, 0.5) is 8.78 Å². The number of fused-ring (bicyclic) bond motifs is 1. The monoisotopic (exact) mass is 517 g/mol. The summed E-state index contributed by atoms with van der Waals surface area (Å²) in [4.78, 5) is 37.7. The molecule has 0 spiro atoms. The Balaban J connectivity index is 1.69. The average Bonchev–Trinajstić information content (AvgIpc) is 3.24. The van der Waals surface area contributed by atoms with Crippen molar-refractivity contribution in [2.45, 2.75) is 31.7 Å². The predicted molar refractivity (Wildman–Crippen MR) is 138 cm³/mol. The molecule has 0 aliphatic heterocycles. The summed E-state index contributed by atoms with van der Waals surface area (Å²) < 4.78 is 34.3. The highest BCUT2D eigenvalue weighted by Gasteiger charge is 2.25. The molecule has 194 valence electrons. The van der Waals surface area contributed by atoms with Crippen LogP contribution in [0.15, 0.2) is 59.0 Å². The minimum absolute atomic E-state index is 0.0262. The maximum Gasteiger partial charge on any atom is 0.255 e. The normalized spacial score (nSPS) is 13.2. The second kappa shape index (κ2) is 10.1. The number of carbonyl (C=O) groups is 3. The minimum Gasteiger partial charge on any atom is -0.455 e. The van der Waals surface area contributed by atoms with E-state index in [9.17, 15) is 23.2 Å². The number of rotatable bonds is 7. The molecule has 3 aromatic carbocycles. The van der Waals surface area contributed by atoms with Crippen molar-refractivity contribution in [3.63, 3.8) is 0 Å². The van der Waals surface area contributed by atoms with Gasteiger partial charge >= 0.3 is 0 Å². The van der Waals surface area contributed by atoms with E-state index in [1.807, 2.05) is 0 Å². The smallest absolute Gasteiger partial charge is 0.255 e. The number of halogens is 2. The molecule has 3 amide bonds. The van der Waals surface area contributed by atoms with Crippen molar-refractivity contribution in [1.82, 2.24) is 10.6 Å². The molecule has 4 aromatic rings. The van der Waals surface area contributed by atoms with Gasteiger partial charge in [-0.05, 0) is 84.5 Å². The lowest BCUT2D eigenvalue weighted by molar-refractivity contribution is -0.117. The lowest BCUT2D eigenvalue weighted by atomic mass is 9.91. The van der Waals surface area contributed by atoms with Gasteiger partial charge in [0.1, 0.15) is 23.0 Å². The van der Waals surface area contributed by atoms with Crippen LogP contribution < -0.4 is 16.4 Å². The third-order valence-electron chi connectivity index (χ3n) is 6.80. The van der Waals surface area contributed by atoms with E-state index in [0.29, 0.717) is 33.2 Å². The van der Waals surface area contributed by atoms with Gasteiger partial charge in [-0.15, -0.1) is 0 Å². The van der Waals surface area contributed by atoms with E-state index >= 15 is 0 Å². The summed E-state index contributed by atoms with van der Waals surface area (Å²) in [7, 11) is 1.48. The van der Waals surface area contributed by atoms with Crippen LogP contribution in [0.1, 0.15) is 45.5 Å². The van der Waals surface area contributed by atoms with Gasteiger partial charge in [-0.2, -0.15) is 0 Å². The van der Waals surface area contributed by atoms with Crippen LogP contribution in [-0.4, -0.2) is 30.8 Å². The summed E-state index contributed by atoms with van der Waals surface area (Å²) in [6.07, 6.45) is 2.56. The van der Waals surface area contributed by atoms with Gasteiger partial charge in [-0.1, -0.05) is 6.07 Å². The molecule has 9 heteroatoms. The van der Waals surface area contributed by atoms with Gasteiger partial charge in [-0.3, -0.25) is 14.4 Å². The van der Waals surface area contributed by atoms with Crippen LogP contribution in [0.2, 0.25) is 0 Å². The van der Waals surface area contributed by atoms with Gasteiger partial charge in [0.05, 0.1) is 17.5 Å². The highest BCUT2D eigenvalue weighted by atomic mass is 19.1. The van der Waals surface area contributed by atoms with Gasteiger partial charge in [0, 0.05) is 24.0 Å². The molecular formula is C29H25F2N3O4. The Morgan fingerprint density at radius 3 is 2.32 bits per heavy atom. The first kappa shape index (κ1) is 25.1. The SMILES string of the molecule is CNC(=O)c1c(-c2ccc(F)cc2)oc2cc(CC(N)=O)c(-c3ccc(F)c(C(=O)NC4CCC4)c3)cc12. The largest absolute Gasteiger partial charge is 0.455 e. The van der Waals surface area contributed by atoms with Gasteiger partial charge in [-0.25, -0.2) is 8.78 Å². The Labute approximate surface area is 217 Å². The van der Waals surface area contributed by atoms with Crippen molar-refractivity contribution >= 4 is 28.7 Å². The van der Waals surface area contributed by atoms with Crippen LogP contribution in [-0.2, 0) is 11.2 Å². The highest BCUT2D eigenvalue weighted by Crippen LogP contribution is 2.38. The third kappa shape index (κ3) is 4.74. The van der Waals surface area contributed by atoms with E-state index in [4.69, 9.17) is 10.2 Å². The van der Waals surface area contributed by atoms with Crippen LogP contribution in [0.5, 0.6) is 0 Å². The molecule has 1 fully saturated rings. The van der Waals surface area contributed by atoms with Crippen molar-refractivity contribution < 1.29 is 27.6 Å².